The molecule has 3 aromatic carbocycles. The molecule has 4 amide bonds. The number of nitrogens with two attached hydrogens (primary N) is 2. The third-order valence-corrected chi connectivity index (χ3v) is 15.0. The summed E-state index contributed by atoms with van der Waals surface area (Å²) in [6.45, 7) is 8.01. The van der Waals surface area contributed by atoms with Gasteiger partial charge in [0.2, 0.25) is 23.6 Å². The Hall–Kier alpha value is -7.34. The molecular weight excluding hydrogens is 939 g/mol. The smallest absolute Gasteiger partial charge is 0.246 e. The van der Waals surface area contributed by atoms with Gasteiger partial charge in [-0.25, -0.2) is 19.9 Å². The first-order chi connectivity index (χ1) is 35.0. The van der Waals surface area contributed by atoms with Crippen molar-refractivity contribution in [3.05, 3.63) is 131 Å². The Bertz CT molecular complexity index is 3140. The van der Waals surface area contributed by atoms with E-state index in [1.54, 1.807) is 17.5 Å². The van der Waals surface area contributed by atoms with Crippen molar-refractivity contribution in [3.63, 3.8) is 0 Å². The van der Waals surface area contributed by atoms with Gasteiger partial charge in [-0.3, -0.25) is 23.7 Å². The fraction of sp³-hybridized carbons (Fsp3) is 0.357. The van der Waals surface area contributed by atoms with Crippen LogP contribution in [0.2, 0.25) is 0 Å². The highest BCUT2D eigenvalue weighted by atomic mass is 32.1. The maximum atomic E-state index is 14.1. The van der Waals surface area contributed by atoms with E-state index in [9.17, 15) is 24.3 Å². The van der Waals surface area contributed by atoms with E-state index in [0.717, 1.165) is 69.0 Å². The third kappa shape index (κ3) is 11.3. The molecule has 0 radical (unpaired) electrons. The maximum absolute atomic E-state index is 14.1. The molecule has 17 heteroatoms. The number of aryl methyl sites for hydroxylation is 2. The van der Waals surface area contributed by atoms with Gasteiger partial charge < -0.3 is 37.4 Å². The molecule has 1 aliphatic carbocycles. The Morgan fingerprint density at radius 2 is 1.66 bits per heavy atom. The van der Waals surface area contributed by atoms with E-state index in [-0.39, 0.29) is 62.2 Å². The lowest BCUT2D eigenvalue weighted by Crippen LogP contribution is -2.57. The predicted molar refractivity (Wildman–Crippen MR) is 284 cm³/mol. The van der Waals surface area contributed by atoms with Crippen molar-refractivity contribution in [1.82, 2.24) is 45.4 Å². The number of hydrogen-bond acceptors (Lipinski definition) is 12. The fourth-order valence-corrected chi connectivity index (χ4v) is 10.5. The van der Waals surface area contributed by atoms with Crippen molar-refractivity contribution in [2.24, 2.45) is 11.1 Å². The van der Waals surface area contributed by atoms with Crippen LogP contribution in [0, 0.1) is 12.3 Å². The summed E-state index contributed by atoms with van der Waals surface area (Å²) in [5.74, 6) is -0.316. The zero-order valence-corrected chi connectivity index (χ0v) is 42.5. The number of carbonyl (C=O) groups excluding carboxylic acids is 4. The standard InChI is InChI=1S/C56H63N11O5S/c1-34-48(73-33-62-34)37-16-13-36(14-17-37)31-61-53(71)45-30-41(68)32-66(45)54(72)49(55(2,3)4)65-47(70)12-7-27-59-46(69)24-15-35-9-5-10-38(29-35)43-22-23-44-52(63-43)67(51(64-44)42-11-6-28-60-50(42)57)40-20-18-39(19-21-40)56(58)25-8-26-56/h5-6,9-11,13-14,16-23,28-29,33,41,45,49,68H,7-8,12,15,24-27,30-32,58H2,1-4H3,(H2,57,60)(H,59,69)(H,61,71)(H,65,70)/t41-,45+,49-/m1/s1. The first kappa shape index (κ1) is 50.6. The zero-order valence-electron chi connectivity index (χ0n) is 41.7. The predicted octanol–water partition coefficient (Wildman–Crippen LogP) is 7.14. The summed E-state index contributed by atoms with van der Waals surface area (Å²) in [6.07, 6.45) is 5.06. The number of aliphatic hydroxyl groups is 1. The van der Waals surface area contributed by atoms with Crippen molar-refractivity contribution < 1.29 is 24.3 Å². The summed E-state index contributed by atoms with van der Waals surface area (Å²) in [6, 6.07) is 29.9. The van der Waals surface area contributed by atoms with Crippen molar-refractivity contribution in [1.29, 1.82) is 0 Å². The van der Waals surface area contributed by atoms with Crippen LogP contribution in [0.1, 0.15) is 88.1 Å². The van der Waals surface area contributed by atoms with Crippen LogP contribution in [0.15, 0.2) is 109 Å². The number of β-amino-alcohol motifs (C(OH)–C–C–N with tert-alkyl or cyclic N) is 1. The third-order valence-electron chi connectivity index (χ3n) is 14.0. The summed E-state index contributed by atoms with van der Waals surface area (Å²) in [5, 5.41) is 19.4. The second-order valence-corrected chi connectivity index (χ2v) is 21.3. The first-order valence-corrected chi connectivity index (χ1v) is 25.8. The number of aromatic nitrogens is 5. The summed E-state index contributed by atoms with van der Waals surface area (Å²) in [7, 11) is 0. The summed E-state index contributed by atoms with van der Waals surface area (Å²) in [4.78, 5) is 75.3. The second kappa shape index (κ2) is 21.4. The largest absolute Gasteiger partial charge is 0.391 e. The van der Waals surface area contributed by atoms with Crippen molar-refractivity contribution in [3.8, 4) is 38.8 Å². The summed E-state index contributed by atoms with van der Waals surface area (Å²) >= 11 is 1.57. The van der Waals surface area contributed by atoms with Gasteiger partial charge >= 0.3 is 0 Å². The molecule has 378 valence electrons. The Labute approximate surface area is 429 Å². The number of rotatable bonds is 17. The van der Waals surface area contributed by atoms with Crippen molar-refractivity contribution >= 4 is 51.9 Å². The van der Waals surface area contributed by atoms with Crippen LogP contribution in [-0.4, -0.2) is 89.4 Å². The number of amides is 4. The average Bonchev–Trinajstić information content (AvgIpc) is 4.10. The summed E-state index contributed by atoms with van der Waals surface area (Å²) in [5.41, 5.74) is 23.4. The van der Waals surface area contributed by atoms with Crippen LogP contribution >= 0.6 is 11.3 Å². The number of pyridine rings is 2. The van der Waals surface area contributed by atoms with Crippen LogP contribution in [0.25, 0.3) is 49.9 Å². The van der Waals surface area contributed by atoms with Crippen LogP contribution in [0.3, 0.4) is 0 Å². The highest BCUT2D eigenvalue weighted by Crippen LogP contribution is 2.40. The van der Waals surface area contributed by atoms with E-state index in [4.69, 9.17) is 21.4 Å². The lowest BCUT2D eigenvalue weighted by molar-refractivity contribution is -0.144. The Kier molecular flexibility index (Phi) is 14.8. The quantitative estimate of drug-likeness (QED) is 0.0502. The number of aliphatic hydroxyl groups excluding tert-OH is 1. The summed E-state index contributed by atoms with van der Waals surface area (Å²) < 4.78 is 2.01. The number of nitrogens with one attached hydrogen (secondary N) is 3. The molecule has 16 nitrogen and oxygen atoms in total. The number of imidazole rings is 1. The molecule has 0 spiro atoms. The van der Waals surface area contributed by atoms with Crippen LogP contribution in [0.5, 0.6) is 0 Å². The molecule has 2 fully saturated rings. The van der Waals surface area contributed by atoms with Gasteiger partial charge in [0.15, 0.2) is 11.5 Å². The molecule has 8 N–H and O–H groups in total. The molecule has 0 unspecified atom stereocenters. The molecule has 3 atom stereocenters. The number of anilines is 1. The normalized spacial score (nSPS) is 16.7. The number of benzene rings is 3. The monoisotopic (exact) mass is 1000 g/mol. The Balaban J connectivity index is 0.776. The van der Waals surface area contributed by atoms with E-state index < -0.39 is 29.5 Å². The van der Waals surface area contributed by atoms with Gasteiger partial charge in [0.1, 0.15) is 23.4 Å². The van der Waals surface area contributed by atoms with Gasteiger partial charge in [-0.2, -0.15) is 0 Å². The van der Waals surface area contributed by atoms with Crippen LogP contribution in [-0.2, 0) is 37.7 Å². The van der Waals surface area contributed by atoms with Gasteiger partial charge in [0.25, 0.3) is 0 Å². The van der Waals surface area contributed by atoms with E-state index in [2.05, 4.69) is 50.2 Å². The Morgan fingerprint density at radius 3 is 2.36 bits per heavy atom. The van der Waals surface area contributed by atoms with Crippen LogP contribution < -0.4 is 27.4 Å². The van der Waals surface area contributed by atoms with Crippen molar-refractivity contribution in [2.75, 3.05) is 18.8 Å². The molecule has 7 aromatic rings. The molecule has 1 saturated heterocycles. The maximum Gasteiger partial charge on any atom is 0.246 e. The van der Waals surface area contributed by atoms with Crippen LogP contribution in [0.4, 0.5) is 5.82 Å². The van der Waals surface area contributed by atoms with Crippen molar-refractivity contribution in [2.45, 2.75) is 109 Å². The lowest BCUT2D eigenvalue weighted by atomic mass is 9.73. The van der Waals surface area contributed by atoms with Gasteiger partial charge in [0.05, 0.1) is 33.4 Å². The number of thiazole rings is 1. The molecular formula is C56H63N11O5S. The number of hydrogen-bond donors (Lipinski definition) is 6. The van der Waals surface area contributed by atoms with Gasteiger partial charge in [0, 0.05) is 61.9 Å². The molecule has 4 aromatic heterocycles. The number of fused-ring (bicyclic) bond motifs is 1. The van der Waals surface area contributed by atoms with E-state index in [0.29, 0.717) is 41.2 Å². The van der Waals surface area contributed by atoms with E-state index in [1.807, 2.05) is 111 Å². The SMILES string of the molecule is Cc1ncsc1-c1ccc(CNC(=O)[C@@H]2C[C@@H](O)CN2C(=O)[C@@H](NC(=O)CCCNC(=O)CCc2cccc(-c3ccc4nc(-c5cccnc5N)n(-c5ccc(C6(N)CCC6)cc5)c4n3)c2)C(C)(C)C)cc1. The van der Waals surface area contributed by atoms with Gasteiger partial charge in [-0.15, -0.1) is 11.3 Å². The molecule has 5 heterocycles. The minimum Gasteiger partial charge on any atom is -0.391 e. The molecule has 0 bridgehead atoms. The number of nitrogens with zero attached hydrogens (tertiary/aromatic N) is 6. The minimum atomic E-state index is -0.954. The number of likely N-dealkylation sites (tertiary alicyclic amines) is 1. The molecule has 1 saturated carbocycles. The molecule has 1 aliphatic heterocycles. The van der Waals surface area contributed by atoms with E-state index in [1.165, 1.54) is 4.90 Å². The fourth-order valence-electron chi connectivity index (χ4n) is 9.66. The topological polar surface area (TPSA) is 236 Å². The Morgan fingerprint density at radius 1 is 0.877 bits per heavy atom. The number of carbonyl (C=O) groups is 4. The van der Waals surface area contributed by atoms with E-state index >= 15 is 0 Å². The molecule has 9 rings (SSSR count). The number of nitrogen functional groups attached to an aromatic ring is 1. The highest BCUT2D eigenvalue weighted by molar-refractivity contribution is 7.13. The zero-order chi connectivity index (χ0) is 51.4. The van der Waals surface area contributed by atoms with Gasteiger partial charge in [-0.05, 0) is 109 Å². The molecule has 2 aliphatic rings. The first-order valence-electron chi connectivity index (χ1n) is 25.0. The average molecular weight is 1000 g/mol. The second-order valence-electron chi connectivity index (χ2n) is 20.4. The molecule has 73 heavy (non-hydrogen) atoms. The highest BCUT2D eigenvalue weighted by Gasteiger charge is 2.44. The van der Waals surface area contributed by atoms with Gasteiger partial charge in [-0.1, -0.05) is 75.4 Å². The minimum absolute atomic E-state index is 0.0197. The lowest BCUT2D eigenvalue weighted by Gasteiger charge is -2.38.